The van der Waals surface area contributed by atoms with E-state index in [4.69, 9.17) is 4.12 Å². The first-order chi connectivity index (χ1) is 10.7. The molecule has 3 heteroatoms. The molecule has 0 heterocycles. The molecular formula is C20H30OSi2. The van der Waals surface area contributed by atoms with Gasteiger partial charge in [0.15, 0.2) is 9.04 Å². The Balaban J connectivity index is 2.09. The summed E-state index contributed by atoms with van der Waals surface area (Å²) in [6.07, 6.45) is 0. The second kappa shape index (κ2) is 7.16. The molecule has 0 fully saturated rings. The van der Waals surface area contributed by atoms with Gasteiger partial charge in [0.2, 0.25) is 8.32 Å². The predicted octanol–water partition coefficient (Wildman–Crippen LogP) is 4.48. The molecule has 2 aromatic carbocycles. The molecule has 2 aromatic rings. The molecule has 0 saturated carbocycles. The minimum Gasteiger partial charge on any atom is -0.454 e. The molecule has 0 saturated heterocycles. The van der Waals surface area contributed by atoms with Crippen LogP contribution in [0.2, 0.25) is 19.6 Å². The van der Waals surface area contributed by atoms with E-state index in [0.29, 0.717) is 0 Å². The Bertz CT molecular complexity index is 692. The second-order valence-electron chi connectivity index (χ2n) is 7.36. The summed E-state index contributed by atoms with van der Waals surface area (Å²) in [6, 6.07) is 14.8. The van der Waals surface area contributed by atoms with Crippen molar-refractivity contribution in [3.8, 4) is 0 Å². The molecular weight excluding hydrogens is 312 g/mol. The van der Waals surface area contributed by atoms with E-state index in [0.717, 1.165) is 6.04 Å². The lowest BCUT2D eigenvalue weighted by molar-refractivity contribution is 0.580. The largest absolute Gasteiger partial charge is 0.454 e. The van der Waals surface area contributed by atoms with Crippen LogP contribution in [-0.4, -0.2) is 17.4 Å². The van der Waals surface area contributed by atoms with Crippen molar-refractivity contribution >= 4 is 22.5 Å². The molecule has 0 amide bonds. The fourth-order valence-corrected chi connectivity index (χ4v) is 9.86. The summed E-state index contributed by atoms with van der Waals surface area (Å²) in [5.74, 6) is 0. The minimum absolute atomic E-state index is 1.11. The van der Waals surface area contributed by atoms with Gasteiger partial charge in [-0.25, -0.2) is 0 Å². The van der Waals surface area contributed by atoms with Crippen LogP contribution in [0.4, 0.5) is 0 Å². The first kappa shape index (κ1) is 18.2. The van der Waals surface area contributed by atoms with Crippen LogP contribution in [0.5, 0.6) is 0 Å². The monoisotopic (exact) mass is 342 g/mol. The maximum atomic E-state index is 6.67. The van der Waals surface area contributed by atoms with Crippen LogP contribution in [0.25, 0.3) is 0 Å². The van der Waals surface area contributed by atoms with E-state index in [1.54, 1.807) is 0 Å². The Morgan fingerprint density at radius 3 is 1.96 bits per heavy atom. The van der Waals surface area contributed by atoms with Crippen molar-refractivity contribution < 1.29 is 4.12 Å². The van der Waals surface area contributed by atoms with Crippen LogP contribution in [-0.2, 0) is 10.2 Å². The normalized spacial score (nSPS) is 13.2. The molecule has 0 bridgehead atoms. The van der Waals surface area contributed by atoms with Crippen molar-refractivity contribution in [2.45, 2.75) is 53.4 Å². The van der Waals surface area contributed by atoms with Crippen molar-refractivity contribution in [3.05, 3.63) is 64.2 Å². The van der Waals surface area contributed by atoms with Crippen molar-refractivity contribution in [1.29, 1.82) is 0 Å². The SMILES string of the molecule is Cc1ccc(C[SiH](C)O[Si](C)(C)c2ccc(C)c(C)c2)cc1C. The fraction of sp³-hybridized carbons (Fsp3) is 0.400. The van der Waals surface area contributed by atoms with Crippen LogP contribution in [0.1, 0.15) is 27.8 Å². The Morgan fingerprint density at radius 2 is 1.39 bits per heavy atom. The first-order valence-electron chi connectivity index (χ1n) is 8.51. The van der Waals surface area contributed by atoms with Gasteiger partial charge in [-0.1, -0.05) is 36.4 Å². The molecule has 23 heavy (non-hydrogen) atoms. The summed E-state index contributed by atoms with van der Waals surface area (Å²) >= 11 is 0. The number of benzene rings is 2. The molecule has 1 atom stereocenters. The standard InChI is InChI=1S/C20H30OSi2/c1-15-8-10-19(12-17(15)3)14-22(5)21-23(6,7)20-11-9-16(2)18(4)13-20/h8-13,22H,14H2,1-7H3. The van der Waals surface area contributed by atoms with E-state index in [1.165, 1.54) is 33.0 Å². The molecule has 0 spiro atoms. The number of hydrogen-bond acceptors (Lipinski definition) is 1. The number of aryl methyl sites for hydroxylation is 4. The molecule has 2 rings (SSSR count). The Labute approximate surface area is 144 Å². The Morgan fingerprint density at radius 1 is 0.826 bits per heavy atom. The highest BCUT2D eigenvalue weighted by Gasteiger charge is 2.28. The van der Waals surface area contributed by atoms with Crippen LogP contribution in [0, 0.1) is 27.7 Å². The van der Waals surface area contributed by atoms with Gasteiger partial charge in [0.05, 0.1) is 0 Å². The van der Waals surface area contributed by atoms with Gasteiger partial charge < -0.3 is 4.12 Å². The van der Waals surface area contributed by atoms with Crippen LogP contribution >= 0.6 is 0 Å². The number of rotatable bonds is 5. The lowest BCUT2D eigenvalue weighted by atomic mass is 10.1. The van der Waals surface area contributed by atoms with Gasteiger partial charge in [0, 0.05) is 0 Å². The lowest BCUT2D eigenvalue weighted by Gasteiger charge is -2.28. The van der Waals surface area contributed by atoms with E-state index in [9.17, 15) is 0 Å². The first-order valence-corrected chi connectivity index (χ1v) is 13.9. The number of hydrogen-bond donors (Lipinski definition) is 0. The molecule has 0 aliphatic carbocycles. The van der Waals surface area contributed by atoms with E-state index in [2.05, 4.69) is 83.7 Å². The third kappa shape index (κ3) is 4.66. The zero-order valence-electron chi connectivity index (χ0n) is 15.7. The molecule has 0 aromatic heterocycles. The van der Waals surface area contributed by atoms with Crippen LogP contribution < -0.4 is 5.19 Å². The van der Waals surface area contributed by atoms with E-state index < -0.39 is 17.4 Å². The summed E-state index contributed by atoms with van der Waals surface area (Å²) < 4.78 is 6.67. The smallest absolute Gasteiger partial charge is 0.205 e. The molecule has 1 nitrogen and oxygen atoms in total. The van der Waals surface area contributed by atoms with E-state index in [1.807, 2.05) is 0 Å². The highest BCUT2D eigenvalue weighted by molar-refractivity contribution is 6.88. The summed E-state index contributed by atoms with van der Waals surface area (Å²) in [6.45, 7) is 15.7. The fourth-order valence-electron chi connectivity index (χ4n) is 2.99. The summed E-state index contributed by atoms with van der Waals surface area (Å²) in [4.78, 5) is 0. The van der Waals surface area contributed by atoms with Gasteiger partial charge >= 0.3 is 0 Å². The van der Waals surface area contributed by atoms with Gasteiger partial charge in [-0.2, -0.15) is 0 Å². The van der Waals surface area contributed by atoms with Crippen molar-refractivity contribution in [2.24, 2.45) is 0 Å². The maximum Gasteiger partial charge on any atom is 0.205 e. The summed E-state index contributed by atoms with van der Waals surface area (Å²) in [5.41, 5.74) is 6.91. The van der Waals surface area contributed by atoms with Gasteiger partial charge in [-0.05, 0) is 86.4 Å². The average Bonchev–Trinajstić information content (AvgIpc) is 2.45. The van der Waals surface area contributed by atoms with Crippen molar-refractivity contribution in [1.82, 2.24) is 0 Å². The summed E-state index contributed by atoms with van der Waals surface area (Å²) in [7, 11) is -3.04. The summed E-state index contributed by atoms with van der Waals surface area (Å²) in [5, 5.41) is 1.42. The van der Waals surface area contributed by atoms with Crippen LogP contribution in [0.3, 0.4) is 0 Å². The molecule has 0 aliphatic rings. The molecule has 1 unspecified atom stereocenters. The van der Waals surface area contributed by atoms with Crippen molar-refractivity contribution in [3.63, 3.8) is 0 Å². The predicted molar refractivity (Wildman–Crippen MR) is 107 cm³/mol. The van der Waals surface area contributed by atoms with Gasteiger partial charge in [-0.15, -0.1) is 0 Å². The molecule has 0 radical (unpaired) electrons. The zero-order valence-corrected chi connectivity index (χ0v) is 17.8. The van der Waals surface area contributed by atoms with E-state index >= 15 is 0 Å². The van der Waals surface area contributed by atoms with Crippen LogP contribution in [0.15, 0.2) is 36.4 Å². The zero-order chi connectivity index (χ0) is 17.2. The molecule has 0 aliphatic heterocycles. The highest BCUT2D eigenvalue weighted by Crippen LogP contribution is 2.15. The van der Waals surface area contributed by atoms with Gasteiger partial charge in [0.25, 0.3) is 0 Å². The second-order valence-corrected chi connectivity index (χ2v) is 13.9. The Kier molecular flexibility index (Phi) is 5.66. The quantitative estimate of drug-likeness (QED) is 0.728. The topological polar surface area (TPSA) is 9.23 Å². The van der Waals surface area contributed by atoms with E-state index in [-0.39, 0.29) is 0 Å². The van der Waals surface area contributed by atoms with Gasteiger partial charge in [-0.3, -0.25) is 0 Å². The maximum absolute atomic E-state index is 6.67. The minimum atomic E-state index is -1.81. The average molecular weight is 343 g/mol. The third-order valence-electron chi connectivity index (χ3n) is 4.79. The van der Waals surface area contributed by atoms with Gasteiger partial charge in [0.1, 0.15) is 0 Å². The Hall–Kier alpha value is -1.17. The van der Waals surface area contributed by atoms with Crippen molar-refractivity contribution in [2.75, 3.05) is 0 Å². The molecule has 124 valence electrons. The lowest BCUT2D eigenvalue weighted by Crippen LogP contribution is -2.48. The highest BCUT2D eigenvalue weighted by atomic mass is 28.4. The third-order valence-corrected chi connectivity index (χ3v) is 11.5. The molecule has 0 N–H and O–H groups in total.